The van der Waals surface area contributed by atoms with Crippen LogP contribution >= 0.6 is 11.6 Å². The quantitative estimate of drug-likeness (QED) is 0.661. The standard InChI is InChI=1S/C23H25ClN4O3/c24-18-8-6-17(7-9-18)16-26-11-3-12-27(15-14-26)21(29)10-13-28-23(31)20-5-2-1-4-19(20)22(30)25-28/h1-2,4-9H,3,10-16H2,(H,25,30). The molecule has 0 radical (unpaired) electrons. The number of hydrogen-bond acceptors (Lipinski definition) is 4. The van der Waals surface area contributed by atoms with Crippen LogP contribution in [0.4, 0.5) is 0 Å². The van der Waals surface area contributed by atoms with Crippen molar-refractivity contribution in [1.29, 1.82) is 0 Å². The highest BCUT2D eigenvalue weighted by molar-refractivity contribution is 6.30. The molecule has 2 aromatic carbocycles. The van der Waals surface area contributed by atoms with E-state index >= 15 is 0 Å². The number of halogens is 1. The SMILES string of the molecule is O=C(CCn1[nH]c(=O)c2ccccc2c1=O)N1CCCN(Cc2ccc(Cl)cc2)CC1. The molecule has 0 spiro atoms. The Kier molecular flexibility index (Phi) is 6.53. The molecule has 1 fully saturated rings. The average molecular weight is 441 g/mol. The van der Waals surface area contributed by atoms with Crippen molar-refractivity contribution in [3.8, 4) is 0 Å². The Morgan fingerprint density at radius 3 is 2.45 bits per heavy atom. The van der Waals surface area contributed by atoms with E-state index in [2.05, 4.69) is 10.00 Å². The fourth-order valence-corrected chi connectivity index (χ4v) is 4.12. The Hall–Kier alpha value is -2.90. The highest BCUT2D eigenvalue weighted by Crippen LogP contribution is 2.13. The van der Waals surface area contributed by atoms with Crippen LogP contribution < -0.4 is 11.1 Å². The number of nitrogens with zero attached hydrogens (tertiary/aromatic N) is 3. The topological polar surface area (TPSA) is 78.4 Å². The highest BCUT2D eigenvalue weighted by Gasteiger charge is 2.19. The van der Waals surface area contributed by atoms with Crippen LogP contribution in [0.1, 0.15) is 18.4 Å². The van der Waals surface area contributed by atoms with Crippen molar-refractivity contribution in [1.82, 2.24) is 19.6 Å². The zero-order valence-corrected chi connectivity index (χ0v) is 18.0. The predicted octanol–water partition coefficient (Wildman–Crippen LogP) is 2.47. The van der Waals surface area contributed by atoms with E-state index < -0.39 is 0 Å². The van der Waals surface area contributed by atoms with E-state index in [1.165, 1.54) is 10.2 Å². The number of H-pyrrole nitrogens is 1. The molecule has 1 N–H and O–H groups in total. The molecule has 31 heavy (non-hydrogen) atoms. The summed E-state index contributed by atoms with van der Waals surface area (Å²) < 4.78 is 1.24. The van der Waals surface area contributed by atoms with Gasteiger partial charge in [-0.25, -0.2) is 4.68 Å². The number of aryl methyl sites for hydroxylation is 1. The van der Waals surface area contributed by atoms with Gasteiger partial charge in [0, 0.05) is 44.2 Å². The lowest BCUT2D eigenvalue weighted by Crippen LogP contribution is -2.37. The van der Waals surface area contributed by atoms with Crippen LogP contribution in [-0.2, 0) is 17.9 Å². The molecule has 4 rings (SSSR count). The summed E-state index contributed by atoms with van der Waals surface area (Å²) in [7, 11) is 0. The minimum atomic E-state index is -0.324. The maximum Gasteiger partial charge on any atom is 0.273 e. The lowest BCUT2D eigenvalue weighted by Gasteiger charge is -2.22. The fourth-order valence-electron chi connectivity index (χ4n) is 4.00. The van der Waals surface area contributed by atoms with Crippen LogP contribution in [0.2, 0.25) is 5.02 Å². The molecular formula is C23H25ClN4O3. The van der Waals surface area contributed by atoms with Crippen LogP contribution in [0.5, 0.6) is 0 Å². The summed E-state index contributed by atoms with van der Waals surface area (Å²) in [6.07, 6.45) is 1.07. The van der Waals surface area contributed by atoms with Gasteiger partial charge >= 0.3 is 0 Å². The molecule has 1 aromatic heterocycles. The zero-order chi connectivity index (χ0) is 21.8. The molecule has 0 saturated carbocycles. The van der Waals surface area contributed by atoms with Gasteiger partial charge in [0.1, 0.15) is 0 Å². The molecular weight excluding hydrogens is 416 g/mol. The first-order valence-corrected chi connectivity index (χ1v) is 10.9. The van der Waals surface area contributed by atoms with Gasteiger partial charge < -0.3 is 4.90 Å². The first-order valence-electron chi connectivity index (χ1n) is 10.5. The largest absolute Gasteiger partial charge is 0.341 e. The predicted molar refractivity (Wildman–Crippen MR) is 121 cm³/mol. The Morgan fingerprint density at radius 2 is 1.68 bits per heavy atom. The van der Waals surface area contributed by atoms with Crippen molar-refractivity contribution in [3.63, 3.8) is 0 Å². The number of amides is 1. The first kappa shape index (κ1) is 21.3. The number of aromatic nitrogens is 2. The summed E-state index contributed by atoms with van der Waals surface area (Å²) in [5, 5.41) is 4.04. The number of aromatic amines is 1. The Bertz CT molecular complexity index is 1190. The van der Waals surface area contributed by atoms with Gasteiger partial charge in [-0.2, -0.15) is 0 Å². The number of hydrogen-bond donors (Lipinski definition) is 1. The van der Waals surface area contributed by atoms with E-state index in [9.17, 15) is 14.4 Å². The van der Waals surface area contributed by atoms with Gasteiger partial charge in [-0.15, -0.1) is 0 Å². The number of carbonyl (C=O) groups is 1. The maximum absolute atomic E-state index is 12.8. The second kappa shape index (κ2) is 9.49. The number of benzene rings is 2. The number of rotatable bonds is 5. The van der Waals surface area contributed by atoms with Crippen molar-refractivity contribution in [3.05, 3.63) is 79.8 Å². The van der Waals surface area contributed by atoms with Crippen LogP contribution in [0.25, 0.3) is 10.8 Å². The van der Waals surface area contributed by atoms with Gasteiger partial charge in [0.2, 0.25) is 5.91 Å². The second-order valence-electron chi connectivity index (χ2n) is 7.83. The van der Waals surface area contributed by atoms with Gasteiger partial charge in [0.25, 0.3) is 11.1 Å². The van der Waals surface area contributed by atoms with Gasteiger partial charge in [-0.05, 0) is 36.2 Å². The molecule has 1 aliphatic heterocycles. The monoisotopic (exact) mass is 440 g/mol. The summed E-state index contributed by atoms with van der Waals surface area (Å²) in [6, 6.07) is 14.5. The molecule has 0 atom stereocenters. The van der Waals surface area contributed by atoms with Crippen molar-refractivity contribution < 1.29 is 4.79 Å². The third kappa shape index (κ3) is 5.06. The normalized spacial score (nSPS) is 15.2. The van der Waals surface area contributed by atoms with E-state index in [1.807, 2.05) is 29.2 Å². The summed E-state index contributed by atoms with van der Waals surface area (Å²) in [5.41, 5.74) is 0.590. The Balaban J connectivity index is 1.36. The van der Waals surface area contributed by atoms with E-state index in [4.69, 9.17) is 11.6 Å². The minimum Gasteiger partial charge on any atom is -0.341 e. The van der Waals surface area contributed by atoms with Crippen LogP contribution in [0.15, 0.2) is 58.1 Å². The van der Waals surface area contributed by atoms with E-state index in [-0.39, 0.29) is 30.0 Å². The van der Waals surface area contributed by atoms with E-state index in [1.54, 1.807) is 24.3 Å². The zero-order valence-electron chi connectivity index (χ0n) is 17.2. The number of carbonyl (C=O) groups excluding carboxylic acids is 1. The molecule has 0 bridgehead atoms. The molecule has 3 aromatic rings. The number of fused-ring (bicyclic) bond motifs is 1. The molecule has 0 unspecified atom stereocenters. The average Bonchev–Trinajstić information content (AvgIpc) is 3.02. The van der Waals surface area contributed by atoms with Gasteiger partial charge in [0.15, 0.2) is 0 Å². The summed E-state index contributed by atoms with van der Waals surface area (Å²) in [6.45, 7) is 4.04. The fraction of sp³-hybridized carbons (Fsp3) is 0.348. The number of nitrogens with one attached hydrogen (secondary N) is 1. The summed E-state index contributed by atoms with van der Waals surface area (Å²) >= 11 is 5.96. The van der Waals surface area contributed by atoms with Crippen molar-refractivity contribution in [2.24, 2.45) is 0 Å². The van der Waals surface area contributed by atoms with Gasteiger partial charge in [-0.1, -0.05) is 35.9 Å². The molecule has 7 nitrogen and oxygen atoms in total. The first-order chi connectivity index (χ1) is 15.0. The summed E-state index contributed by atoms with van der Waals surface area (Å²) in [4.78, 5) is 41.8. The minimum absolute atomic E-state index is 0.00532. The Labute approximate surface area is 184 Å². The molecule has 1 saturated heterocycles. The lowest BCUT2D eigenvalue weighted by molar-refractivity contribution is -0.131. The van der Waals surface area contributed by atoms with Crippen LogP contribution in [0.3, 0.4) is 0 Å². The molecule has 1 aliphatic rings. The van der Waals surface area contributed by atoms with Crippen LogP contribution in [0, 0.1) is 0 Å². The summed E-state index contributed by atoms with van der Waals surface area (Å²) in [5.74, 6) is -0.00532. The highest BCUT2D eigenvalue weighted by atomic mass is 35.5. The van der Waals surface area contributed by atoms with Crippen molar-refractivity contribution in [2.45, 2.75) is 25.9 Å². The van der Waals surface area contributed by atoms with Crippen LogP contribution in [-0.4, -0.2) is 51.7 Å². The molecule has 8 heteroatoms. The van der Waals surface area contributed by atoms with Crippen molar-refractivity contribution >= 4 is 28.3 Å². The van der Waals surface area contributed by atoms with Gasteiger partial charge in [-0.3, -0.25) is 24.4 Å². The second-order valence-corrected chi connectivity index (χ2v) is 8.27. The molecule has 0 aliphatic carbocycles. The van der Waals surface area contributed by atoms with E-state index in [0.29, 0.717) is 23.9 Å². The van der Waals surface area contributed by atoms with Crippen molar-refractivity contribution in [2.75, 3.05) is 26.2 Å². The van der Waals surface area contributed by atoms with Gasteiger partial charge in [0.05, 0.1) is 17.3 Å². The lowest BCUT2D eigenvalue weighted by atomic mass is 10.2. The molecule has 1 amide bonds. The maximum atomic E-state index is 12.8. The molecule has 2 heterocycles. The smallest absolute Gasteiger partial charge is 0.273 e. The third-order valence-corrected chi connectivity index (χ3v) is 5.95. The molecule has 162 valence electrons. The van der Waals surface area contributed by atoms with E-state index in [0.717, 1.165) is 31.1 Å². The third-order valence-electron chi connectivity index (χ3n) is 5.69. The Morgan fingerprint density at radius 1 is 0.935 bits per heavy atom.